The van der Waals surface area contributed by atoms with Crippen molar-refractivity contribution in [1.29, 1.82) is 0 Å². The number of anilines is 1. The SMILES string of the molecule is CC(C)(C)OOC(=O)c1cccc(N2CCCC2)c1. The molecule has 0 unspecified atom stereocenters. The van der Waals surface area contributed by atoms with Crippen LogP contribution in [-0.2, 0) is 9.78 Å². The molecule has 0 spiro atoms. The lowest BCUT2D eigenvalue weighted by molar-refractivity contribution is -0.301. The summed E-state index contributed by atoms with van der Waals surface area (Å²) in [5, 5.41) is 0. The van der Waals surface area contributed by atoms with Crippen molar-refractivity contribution in [2.24, 2.45) is 0 Å². The molecule has 0 radical (unpaired) electrons. The normalized spacial score (nSPS) is 15.6. The first kappa shape index (κ1) is 13.9. The van der Waals surface area contributed by atoms with Gasteiger partial charge in [-0.05, 0) is 51.8 Å². The van der Waals surface area contributed by atoms with Crippen molar-refractivity contribution in [3.63, 3.8) is 0 Å². The fourth-order valence-electron chi connectivity index (χ4n) is 2.02. The molecule has 1 aromatic rings. The zero-order valence-electron chi connectivity index (χ0n) is 11.8. The van der Waals surface area contributed by atoms with Crippen LogP contribution >= 0.6 is 0 Å². The Balaban J connectivity index is 2.03. The molecule has 1 fully saturated rings. The van der Waals surface area contributed by atoms with Crippen LogP contribution in [0.15, 0.2) is 24.3 Å². The van der Waals surface area contributed by atoms with Gasteiger partial charge in [0.1, 0.15) is 5.60 Å². The highest BCUT2D eigenvalue weighted by Crippen LogP contribution is 2.21. The molecule has 1 saturated heterocycles. The van der Waals surface area contributed by atoms with E-state index < -0.39 is 11.6 Å². The first-order valence-corrected chi connectivity index (χ1v) is 6.71. The number of carbonyl (C=O) groups excluding carboxylic acids is 1. The van der Waals surface area contributed by atoms with Gasteiger partial charge in [-0.1, -0.05) is 6.07 Å². The van der Waals surface area contributed by atoms with E-state index in [-0.39, 0.29) is 0 Å². The van der Waals surface area contributed by atoms with Crippen LogP contribution in [0.25, 0.3) is 0 Å². The van der Waals surface area contributed by atoms with Gasteiger partial charge >= 0.3 is 5.97 Å². The summed E-state index contributed by atoms with van der Waals surface area (Å²) >= 11 is 0. The number of rotatable bonds is 3. The smallest absolute Gasteiger partial charge is 0.372 e. The molecule has 0 saturated carbocycles. The van der Waals surface area contributed by atoms with E-state index in [2.05, 4.69) is 4.90 Å². The zero-order chi connectivity index (χ0) is 13.9. The molecule has 1 aliphatic heterocycles. The van der Waals surface area contributed by atoms with Crippen LogP contribution in [0.3, 0.4) is 0 Å². The zero-order valence-corrected chi connectivity index (χ0v) is 11.8. The second kappa shape index (κ2) is 5.61. The molecule has 0 bridgehead atoms. The molecule has 0 atom stereocenters. The predicted octanol–water partition coefficient (Wildman–Crippen LogP) is 3.17. The summed E-state index contributed by atoms with van der Waals surface area (Å²) in [4.78, 5) is 24.1. The molecule has 19 heavy (non-hydrogen) atoms. The van der Waals surface area contributed by atoms with Gasteiger partial charge in [-0.25, -0.2) is 4.79 Å². The van der Waals surface area contributed by atoms with Gasteiger partial charge in [0.2, 0.25) is 0 Å². The van der Waals surface area contributed by atoms with Crippen molar-refractivity contribution in [2.75, 3.05) is 18.0 Å². The summed E-state index contributed by atoms with van der Waals surface area (Å²) in [5.41, 5.74) is 1.10. The van der Waals surface area contributed by atoms with Gasteiger partial charge in [0, 0.05) is 18.8 Å². The minimum atomic E-state index is -0.498. The van der Waals surface area contributed by atoms with Gasteiger partial charge in [0.25, 0.3) is 0 Å². The van der Waals surface area contributed by atoms with Gasteiger partial charge in [-0.3, -0.25) is 4.89 Å². The quantitative estimate of drug-likeness (QED) is 0.620. The van der Waals surface area contributed by atoms with Crippen molar-refractivity contribution in [1.82, 2.24) is 0 Å². The maximum Gasteiger partial charge on any atom is 0.373 e. The molecular formula is C15H21NO3. The standard InChI is InChI=1S/C15H21NO3/c1-15(2,3)19-18-14(17)12-7-6-8-13(11-12)16-9-4-5-10-16/h6-8,11H,4-5,9-10H2,1-3H3. The van der Waals surface area contributed by atoms with E-state index >= 15 is 0 Å². The molecule has 0 N–H and O–H groups in total. The minimum Gasteiger partial charge on any atom is -0.372 e. The van der Waals surface area contributed by atoms with Crippen LogP contribution in [0.4, 0.5) is 5.69 Å². The van der Waals surface area contributed by atoms with Gasteiger partial charge in [0.05, 0.1) is 5.56 Å². The van der Waals surface area contributed by atoms with Gasteiger partial charge < -0.3 is 4.90 Å². The monoisotopic (exact) mass is 263 g/mol. The lowest BCUT2D eigenvalue weighted by Crippen LogP contribution is -2.22. The van der Waals surface area contributed by atoms with Crippen molar-refractivity contribution in [3.05, 3.63) is 29.8 Å². The molecule has 1 aromatic carbocycles. The van der Waals surface area contributed by atoms with Crippen molar-refractivity contribution in [3.8, 4) is 0 Å². The summed E-state index contributed by atoms with van der Waals surface area (Å²) < 4.78 is 0. The Bertz CT molecular complexity index is 445. The Morgan fingerprint density at radius 3 is 2.53 bits per heavy atom. The third-order valence-electron chi connectivity index (χ3n) is 2.92. The number of nitrogens with zero attached hydrogens (tertiary/aromatic N) is 1. The Morgan fingerprint density at radius 2 is 1.89 bits per heavy atom. The second-order valence-corrected chi connectivity index (χ2v) is 5.81. The number of hydrogen-bond donors (Lipinski definition) is 0. The van der Waals surface area contributed by atoms with E-state index in [9.17, 15) is 4.79 Å². The third kappa shape index (κ3) is 3.96. The summed E-state index contributed by atoms with van der Waals surface area (Å²) in [7, 11) is 0. The molecule has 104 valence electrons. The van der Waals surface area contributed by atoms with Crippen LogP contribution in [0.5, 0.6) is 0 Å². The average Bonchev–Trinajstić information content (AvgIpc) is 2.89. The van der Waals surface area contributed by atoms with E-state index in [0.717, 1.165) is 18.8 Å². The number of hydrogen-bond acceptors (Lipinski definition) is 4. The van der Waals surface area contributed by atoms with E-state index in [1.807, 2.05) is 39.0 Å². The molecule has 1 heterocycles. The molecule has 1 aliphatic rings. The Hall–Kier alpha value is -1.55. The van der Waals surface area contributed by atoms with Crippen LogP contribution < -0.4 is 4.90 Å². The lowest BCUT2D eigenvalue weighted by Gasteiger charge is -2.19. The first-order chi connectivity index (χ1) is 8.96. The average molecular weight is 263 g/mol. The van der Waals surface area contributed by atoms with E-state index in [1.165, 1.54) is 12.8 Å². The van der Waals surface area contributed by atoms with Crippen molar-refractivity contribution >= 4 is 11.7 Å². The van der Waals surface area contributed by atoms with E-state index in [0.29, 0.717) is 5.56 Å². The van der Waals surface area contributed by atoms with Crippen LogP contribution in [-0.4, -0.2) is 24.7 Å². The summed E-state index contributed by atoms with van der Waals surface area (Å²) in [6.07, 6.45) is 2.42. The lowest BCUT2D eigenvalue weighted by atomic mass is 10.2. The highest BCUT2D eigenvalue weighted by molar-refractivity contribution is 5.90. The topological polar surface area (TPSA) is 38.8 Å². The fourth-order valence-corrected chi connectivity index (χ4v) is 2.02. The van der Waals surface area contributed by atoms with E-state index in [4.69, 9.17) is 9.78 Å². The minimum absolute atomic E-state index is 0.448. The van der Waals surface area contributed by atoms with Crippen LogP contribution in [0, 0.1) is 0 Å². The largest absolute Gasteiger partial charge is 0.373 e. The number of benzene rings is 1. The molecular weight excluding hydrogens is 242 g/mol. The maximum atomic E-state index is 11.9. The second-order valence-electron chi connectivity index (χ2n) is 5.81. The summed E-state index contributed by atoms with van der Waals surface area (Å²) in [6.45, 7) is 7.61. The van der Waals surface area contributed by atoms with Gasteiger partial charge in [-0.2, -0.15) is 4.89 Å². The highest BCUT2D eigenvalue weighted by Gasteiger charge is 2.18. The molecule has 4 heteroatoms. The van der Waals surface area contributed by atoms with Crippen molar-refractivity contribution < 1.29 is 14.6 Å². The molecule has 0 amide bonds. The molecule has 4 nitrogen and oxygen atoms in total. The fraction of sp³-hybridized carbons (Fsp3) is 0.533. The maximum absolute atomic E-state index is 11.9. The Morgan fingerprint density at radius 1 is 1.21 bits per heavy atom. The van der Waals surface area contributed by atoms with E-state index in [1.54, 1.807) is 6.07 Å². The predicted molar refractivity (Wildman–Crippen MR) is 74.1 cm³/mol. The van der Waals surface area contributed by atoms with Crippen molar-refractivity contribution in [2.45, 2.75) is 39.2 Å². The summed E-state index contributed by atoms with van der Waals surface area (Å²) in [6, 6.07) is 7.50. The molecule has 0 aromatic heterocycles. The first-order valence-electron chi connectivity index (χ1n) is 6.71. The van der Waals surface area contributed by atoms with Crippen LogP contribution in [0.2, 0.25) is 0 Å². The third-order valence-corrected chi connectivity index (χ3v) is 2.92. The van der Waals surface area contributed by atoms with Gasteiger partial charge in [0.15, 0.2) is 0 Å². The Kier molecular flexibility index (Phi) is 4.10. The number of carbonyl (C=O) groups is 1. The van der Waals surface area contributed by atoms with Gasteiger partial charge in [-0.15, -0.1) is 0 Å². The molecule has 0 aliphatic carbocycles. The highest BCUT2D eigenvalue weighted by atomic mass is 17.2. The molecule has 2 rings (SSSR count). The Labute approximate surface area is 114 Å². The summed E-state index contributed by atoms with van der Waals surface area (Å²) in [5.74, 6) is -0.448. The van der Waals surface area contributed by atoms with Crippen LogP contribution in [0.1, 0.15) is 44.0 Å².